The summed E-state index contributed by atoms with van der Waals surface area (Å²) in [4.78, 5) is 21.7. The highest BCUT2D eigenvalue weighted by Crippen LogP contribution is 2.32. The molecule has 14 heteroatoms. The van der Waals surface area contributed by atoms with E-state index in [0.29, 0.717) is 0 Å². The Labute approximate surface area is 180 Å². The van der Waals surface area contributed by atoms with Gasteiger partial charge in [-0.1, -0.05) is 0 Å². The summed E-state index contributed by atoms with van der Waals surface area (Å²) < 4.78 is 79.5. The Kier molecular flexibility index (Phi) is 6.24. The first-order valence-electron chi connectivity index (χ1n) is 9.53. The summed E-state index contributed by atoms with van der Waals surface area (Å²) in [6, 6.07) is 1.72. The van der Waals surface area contributed by atoms with Crippen molar-refractivity contribution < 1.29 is 26.3 Å². The van der Waals surface area contributed by atoms with Gasteiger partial charge >= 0.3 is 12.4 Å². The lowest BCUT2D eigenvalue weighted by molar-refractivity contribution is -0.141. The Bertz CT molecular complexity index is 874. The van der Waals surface area contributed by atoms with Gasteiger partial charge in [0.25, 0.3) is 0 Å². The molecule has 0 aliphatic carbocycles. The SMILES string of the molecule is CN(C)c1cc(C(F)(F)F)nc(N2CCN(c3nc(N(C)C)cc(C(F)(F)F)n3)CC2)n1. The van der Waals surface area contributed by atoms with Crippen molar-refractivity contribution in [2.24, 2.45) is 0 Å². The molecule has 0 amide bonds. The largest absolute Gasteiger partial charge is 0.433 e. The second kappa shape index (κ2) is 8.47. The predicted molar refractivity (Wildman–Crippen MR) is 107 cm³/mol. The van der Waals surface area contributed by atoms with Gasteiger partial charge in [0, 0.05) is 66.5 Å². The summed E-state index contributed by atoms with van der Waals surface area (Å²) in [5.74, 6) is 0.00687. The minimum atomic E-state index is -4.64. The molecule has 1 aliphatic heterocycles. The number of hydrogen-bond acceptors (Lipinski definition) is 8. The molecule has 0 spiro atoms. The van der Waals surface area contributed by atoms with E-state index in [2.05, 4.69) is 19.9 Å². The van der Waals surface area contributed by atoms with Crippen LogP contribution in [-0.4, -0.2) is 74.3 Å². The molecular weight excluding hydrogens is 442 g/mol. The van der Waals surface area contributed by atoms with Crippen molar-refractivity contribution in [3.8, 4) is 0 Å². The van der Waals surface area contributed by atoms with Crippen molar-refractivity contribution >= 4 is 23.5 Å². The molecule has 0 saturated carbocycles. The minimum absolute atomic E-state index is 0.0953. The van der Waals surface area contributed by atoms with Crippen LogP contribution in [0.2, 0.25) is 0 Å². The summed E-state index contributed by atoms with van der Waals surface area (Å²) in [5, 5.41) is 0. The lowest BCUT2D eigenvalue weighted by atomic mass is 10.3. The number of rotatable bonds is 4. The van der Waals surface area contributed by atoms with Crippen molar-refractivity contribution in [3.05, 3.63) is 23.5 Å². The van der Waals surface area contributed by atoms with Gasteiger partial charge in [0.2, 0.25) is 11.9 Å². The molecule has 1 saturated heterocycles. The third-order valence-electron chi connectivity index (χ3n) is 4.74. The van der Waals surface area contributed by atoms with E-state index >= 15 is 0 Å². The van der Waals surface area contributed by atoms with E-state index in [-0.39, 0.29) is 49.7 Å². The van der Waals surface area contributed by atoms with Crippen LogP contribution in [-0.2, 0) is 12.4 Å². The highest BCUT2D eigenvalue weighted by molar-refractivity contribution is 5.49. The average molecular weight is 464 g/mol. The highest BCUT2D eigenvalue weighted by Gasteiger charge is 2.36. The number of aromatic nitrogens is 4. The normalized spacial score (nSPS) is 15.2. The van der Waals surface area contributed by atoms with Gasteiger partial charge in [-0.15, -0.1) is 0 Å². The highest BCUT2D eigenvalue weighted by atomic mass is 19.4. The second-order valence-corrected chi connectivity index (χ2v) is 7.58. The first-order valence-corrected chi connectivity index (χ1v) is 9.53. The van der Waals surface area contributed by atoms with Crippen LogP contribution in [0.15, 0.2) is 12.1 Å². The summed E-state index contributed by atoms with van der Waals surface area (Å²) in [6.45, 7) is 0.742. The first-order chi connectivity index (χ1) is 14.8. The van der Waals surface area contributed by atoms with Crippen LogP contribution in [0.3, 0.4) is 0 Å². The lowest BCUT2D eigenvalue weighted by Crippen LogP contribution is -2.48. The molecular formula is C18H22F6N8. The maximum Gasteiger partial charge on any atom is 0.433 e. The fourth-order valence-electron chi connectivity index (χ4n) is 2.98. The number of alkyl halides is 6. The van der Waals surface area contributed by atoms with Crippen molar-refractivity contribution in [1.82, 2.24) is 19.9 Å². The Balaban J connectivity index is 1.84. The molecule has 0 radical (unpaired) electrons. The number of halogens is 6. The maximum absolute atomic E-state index is 13.3. The van der Waals surface area contributed by atoms with E-state index < -0.39 is 23.7 Å². The van der Waals surface area contributed by atoms with Crippen LogP contribution >= 0.6 is 0 Å². The molecule has 0 bridgehead atoms. The Morgan fingerprint density at radius 3 is 1.19 bits per heavy atom. The fraction of sp³-hybridized carbons (Fsp3) is 0.556. The molecule has 2 aromatic heterocycles. The molecule has 32 heavy (non-hydrogen) atoms. The van der Waals surface area contributed by atoms with E-state index in [0.717, 1.165) is 12.1 Å². The van der Waals surface area contributed by atoms with Gasteiger partial charge in [0.05, 0.1) is 0 Å². The van der Waals surface area contributed by atoms with Crippen molar-refractivity contribution in [2.75, 3.05) is 74.0 Å². The van der Waals surface area contributed by atoms with Crippen LogP contribution in [0, 0.1) is 0 Å². The second-order valence-electron chi connectivity index (χ2n) is 7.58. The summed E-state index contributed by atoms with van der Waals surface area (Å²) in [6.07, 6.45) is -9.28. The zero-order valence-corrected chi connectivity index (χ0v) is 17.8. The van der Waals surface area contributed by atoms with E-state index in [4.69, 9.17) is 0 Å². The fourth-order valence-corrected chi connectivity index (χ4v) is 2.98. The van der Waals surface area contributed by atoms with Crippen LogP contribution in [0.5, 0.6) is 0 Å². The van der Waals surface area contributed by atoms with Crippen molar-refractivity contribution in [3.63, 3.8) is 0 Å². The molecule has 2 aromatic rings. The third-order valence-corrected chi connectivity index (χ3v) is 4.74. The Hall–Kier alpha value is -3.06. The molecule has 0 N–H and O–H groups in total. The van der Waals surface area contributed by atoms with E-state index in [1.165, 1.54) is 9.80 Å². The van der Waals surface area contributed by atoms with Gasteiger partial charge in [0.15, 0.2) is 11.4 Å². The maximum atomic E-state index is 13.3. The van der Waals surface area contributed by atoms with Gasteiger partial charge in [-0.05, 0) is 0 Å². The Morgan fingerprint density at radius 2 is 0.938 bits per heavy atom. The molecule has 0 atom stereocenters. The minimum Gasteiger partial charge on any atom is -0.363 e. The first kappa shape index (κ1) is 23.6. The van der Waals surface area contributed by atoms with Crippen molar-refractivity contribution in [2.45, 2.75) is 12.4 Å². The van der Waals surface area contributed by atoms with Gasteiger partial charge in [-0.3, -0.25) is 0 Å². The molecule has 3 heterocycles. The van der Waals surface area contributed by atoms with Gasteiger partial charge < -0.3 is 19.6 Å². The van der Waals surface area contributed by atoms with E-state index in [1.54, 1.807) is 38.0 Å². The van der Waals surface area contributed by atoms with Gasteiger partial charge in [0.1, 0.15) is 11.6 Å². The van der Waals surface area contributed by atoms with Gasteiger partial charge in [-0.2, -0.15) is 36.3 Å². The topological polar surface area (TPSA) is 64.5 Å². The number of hydrogen-bond donors (Lipinski definition) is 0. The molecule has 176 valence electrons. The van der Waals surface area contributed by atoms with Crippen LogP contribution in [0.25, 0.3) is 0 Å². The molecule has 0 unspecified atom stereocenters. The zero-order chi connectivity index (χ0) is 23.8. The summed E-state index contributed by atoms with van der Waals surface area (Å²) in [5.41, 5.74) is -2.13. The summed E-state index contributed by atoms with van der Waals surface area (Å²) in [7, 11) is 6.27. The van der Waals surface area contributed by atoms with E-state index in [1.807, 2.05) is 0 Å². The van der Waals surface area contributed by atoms with Crippen LogP contribution < -0.4 is 19.6 Å². The molecule has 1 fully saturated rings. The third kappa shape index (κ3) is 5.22. The summed E-state index contributed by atoms with van der Waals surface area (Å²) >= 11 is 0. The number of piperazine rings is 1. The van der Waals surface area contributed by atoms with Crippen LogP contribution in [0.1, 0.15) is 11.4 Å². The standard InChI is InChI=1S/C18H22F6N8/c1-29(2)13-9-11(17(19,20)21)25-15(27-13)31-5-7-32(8-6-31)16-26-12(18(22,23)24)10-14(28-16)30(3)4/h9-10H,5-8H2,1-4H3. The van der Waals surface area contributed by atoms with Crippen LogP contribution in [0.4, 0.5) is 49.9 Å². The lowest BCUT2D eigenvalue weighted by Gasteiger charge is -2.35. The number of nitrogens with zero attached hydrogens (tertiary/aromatic N) is 8. The molecule has 3 rings (SSSR count). The number of anilines is 4. The molecule has 1 aliphatic rings. The quantitative estimate of drug-likeness (QED) is 0.641. The molecule has 0 aromatic carbocycles. The smallest absolute Gasteiger partial charge is 0.363 e. The van der Waals surface area contributed by atoms with Crippen molar-refractivity contribution in [1.29, 1.82) is 0 Å². The average Bonchev–Trinajstić information content (AvgIpc) is 2.72. The Morgan fingerprint density at radius 1 is 0.625 bits per heavy atom. The monoisotopic (exact) mass is 464 g/mol. The van der Waals surface area contributed by atoms with Gasteiger partial charge in [-0.25, -0.2) is 9.97 Å². The molecule has 8 nitrogen and oxygen atoms in total. The predicted octanol–water partition coefficient (Wildman–Crippen LogP) is 2.76. The van der Waals surface area contributed by atoms with E-state index in [9.17, 15) is 26.3 Å². The zero-order valence-electron chi connectivity index (χ0n) is 17.8.